The van der Waals surface area contributed by atoms with Crippen LogP contribution in [0.25, 0.3) is 0 Å². The van der Waals surface area contributed by atoms with Crippen LogP contribution in [0.15, 0.2) is 61.2 Å². The van der Waals surface area contributed by atoms with Crippen LogP contribution in [0, 0.1) is 5.92 Å². The summed E-state index contributed by atoms with van der Waals surface area (Å²) in [6, 6.07) is 14.6. The van der Waals surface area contributed by atoms with Crippen molar-refractivity contribution in [2.24, 2.45) is 5.92 Å². The van der Waals surface area contributed by atoms with Gasteiger partial charge in [-0.2, -0.15) is 5.10 Å². The zero-order valence-corrected chi connectivity index (χ0v) is 15.7. The molecule has 0 unspecified atom stereocenters. The molecule has 1 aliphatic heterocycles. The molecular weight excluding hydrogens is 378 g/mol. The number of carbonyl (C=O) groups excluding carboxylic acids is 2. The van der Waals surface area contributed by atoms with Gasteiger partial charge >= 0.3 is 0 Å². The molecule has 1 N–H and O–H groups in total. The van der Waals surface area contributed by atoms with Crippen molar-refractivity contribution in [2.45, 2.75) is 13.0 Å². The van der Waals surface area contributed by atoms with E-state index in [2.05, 4.69) is 15.4 Å². The molecule has 2 heterocycles. The van der Waals surface area contributed by atoms with Gasteiger partial charge in [0, 0.05) is 29.4 Å². The van der Waals surface area contributed by atoms with E-state index in [-0.39, 0.29) is 18.2 Å². The fourth-order valence-electron chi connectivity index (χ4n) is 3.19. The number of hydrogen-bond donors (Lipinski definition) is 1. The van der Waals surface area contributed by atoms with Gasteiger partial charge in [0.05, 0.1) is 12.5 Å². The van der Waals surface area contributed by atoms with Crippen LogP contribution in [0.5, 0.6) is 0 Å². The summed E-state index contributed by atoms with van der Waals surface area (Å²) in [4.78, 5) is 30.5. The molecule has 0 spiro atoms. The summed E-state index contributed by atoms with van der Waals surface area (Å²) in [7, 11) is 0. The van der Waals surface area contributed by atoms with Gasteiger partial charge in [0.2, 0.25) is 11.8 Å². The molecule has 0 aliphatic carbocycles. The van der Waals surface area contributed by atoms with E-state index in [9.17, 15) is 9.59 Å². The van der Waals surface area contributed by atoms with Crippen LogP contribution in [0.1, 0.15) is 12.0 Å². The van der Waals surface area contributed by atoms with Crippen LogP contribution in [-0.4, -0.2) is 33.1 Å². The predicted octanol–water partition coefficient (Wildman–Crippen LogP) is 2.97. The lowest BCUT2D eigenvalue weighted by Gasteiger charge is -2.16. The average Bonchev–Trinajstić information content (AvgIpc) is 3.34. The SMILES string of the molecule is O=C(Nc1ccc(Cn2cncn2)cc1)[C@@H]1CC(=O)N(c2ccc(Cl)cc2)C1. The Labute approximate surface area is 166 Å². The minimum absolute atomic E-state index is 0.0642. The number of anilines is 2. The number of nitrogens with one attached hydrogen (secondary N) is 1. The largest absolute Gasteiger partial charge is 0.326 e. The van der Waals surface area contributed by atoms with Gasteiger partial charge in [-0.3, -0.25) is 9.59 Å². The summed E-state index contributed by atoms with van der Waals surface area (Å²) in [5.41, 5.74) is 2.50. The Kier molecular flexibility index (Phi) is 5.08. The molecule has 142 valence electrons. The Bertz CT molecular complexity index is 971. The van der Waals surface area contributed by atoms with Crippen LogP contribution in [0.4, 0.5) is 11.4 Å². The number of rotatable bonds is 5. The van der Waals surface area contributed by atoms with Gasteiger partial charge < -0.3 is 10.2 Å². The molecule has 2 aromatic carbocycles. The number of nitrogens with zero attached hydrogens (tertiary/aromatic N) is 4. The highest BCUT2D eigenvalue weighted by Crippen LogP contribution is 2.27. The van der Waals surface area contributed by atoms with Crippen molar-refractivity contribution >= 4 is 34.8 Å². The molecule has 1 fully saturated rings. The molecule has 1 saturated heterocycles. The fourth-order valence-corrected chi connectivity index (χ4v) is 3.32. The lowest BCUT2D eigenvalue weighted by atomic mass is 10.1. The van der Waals surface area contributed by atoms with Crippen molar-refractivity contribution in [1.82, 2.24) is 14.8 Å². The maximum Gasteiger partial charge on any atom is 0.229 e. The van der Waals surface area contributed by atoms with Gasteiger partial charge in [-0.25, -0.2) is 9.67 Å². The van der Waals surface area contributed by atoms with E-state index in [1.165, 1.54) is 6.33 Å². The van der Waals surface area contributed by atoms with E-state index >= 15 is 0 Å². The van der Waals surface area contributed by atoms with Crippen LogP contribution in [-0.2, 0) is 16.1 Å². The number of amides is 2. The van der Waals surface area contributed by atoms with Gasteiger partial charge in [-0.15, -0.1) is 0 Å². The first-order valence-corrected chi connectivity index (χ1v) is 9.24. The normalized spacial score (nSPS) is 16.4. The Balaban J connectivity index is 1.37. The van der Waals surface area contributed by atoms with Crippen molar-refractivity contribution in [3.63, 3.8) is 0 Å². The quantitative estimate of drug-likeness (QED) is 0.720. The highest BCUT2D eigenvalue weighted by atomic mass is 35.5. The summed E-state index contributed by atoms with van der Waals surface area (Å²) in [5.74, 6) is -0.613. The third-order valence-corrected chi connectivity index (χ3v) is 4.92. The molecule has 0 bridgehead atoms. The van der Waals surface area contributed by atoms with Gasteiger partial charge in [0.1, 0.15) is 12.7 Å². The Morgan fingerprint density at radius 2 is 1.89 bits per heavy atom. The fraction of sp³-hybridized carbons (Fsp3) is 0.200. The molecule has 0 radical (unpaired) electrons. The van der Waals surface area contributed by atoms with Crippen molar-refractivity contribution in [3.8, 4) is 0 Å². The van der Waals surface area contributed by atoms with Crippen LogP contribution in [0.3, 0.4) is 0 Å². The Morgan fingerprint density at radius 3 is 2.57 bits per heavy atom. The highest BCUT2D eigenvalue weighted by Gasteiger charge is 2.35. The van der Waals surface area contributed by atoms with Crippen molar-refractivity contribution in [1.29, 1.82) is 0 Å². The summed E-state index contributed by atoms with van der Waals surface area (Å²) in [6.45, 7) is 0.970. The Morgan fingerprint density at radius 1 is 1.14 bits per heavy atom. The second-order valence-corrected chi connectivity index (χ2v) is 7.10. The predicted molar refractivity (Wildman–Crippen MR) is 106 cm³/mol. The third-order valence-electron chi connectivity index (χ3n) is 4.67. The standard InChI is InChI=1S/C20H18ClN5O2/c21-16-3-7-18(8-4-16)26-11-15(9-19(26)27)20(28)24-17-5-1-14(2-6-17)10-25-13-22-12-23-25/h1-8,12-13,15H,9-11H2,(H,24,28)/t15-/m1/s1. The van der Waals surface area contributed by atoms with E-state index in [1.54, 1.807) is 40.2 Å². The topological polar surface area (TPSA) is 80.1 Å². The zero-order chi connectivity index (χ0) is 19.5. The van der Waals surface area contributed by atoms with Gasteiger partial charge in [0.25, 0.3) is 0 Å². The van der Waals surface area contributed by atoms with Gasteiger partial charge in [-0.05, 0) is 42.0 Å². The van der Waals surface area contributed by atoms with Gasteiger partial charge in [-0.1, -0.05) is 23.7 Å². The maximum absolute atomic E-state index is 12.6. The van der Waals surface area contributed by atoms with E-state index in [4.69, 9.17) is 11.6 Å². The van der Waals surface area contributed by atoms with Crippen molar-refractivity contribution < 1.29 is 9.59 Å². The summed E-state index contributed by atoms with van der Waals surface area (Å²) < 4.78 is 1.73. The summed E-state index contributed by atoms with van der Waals surface area (Å²) in [6.07, 6.45) is 3.34. The average molecular weight is 396 g/mol. The molecule has 0 saturated carbocycles. The second-order valence-electron chi connectivity index (χ2n) is 6.66. The molecule has 28 heavy (non-hydrogen) atoms. The monoisotopic (exact) mass is 395 g/mol. The molecule has 2 amide bonds. The minimum Gasteiger partial charge on any atom is -0.326 e. The van der Waals surface area contributed by atoms with Crippen molar-refractivity contribution in [2.75, 3.05) is 16.8 Å². The molecule has 3 aromatic rings. The second kappa shape index (κ2) is 7.82. The third kappa shape index (κ3) is 4.04. The molecule has 1 aliphatic rings. The first-order valence-electron chi connectivity index (χ1n) is 8.86. The molecular formula is C20H18ClN5O2. The number of benzene rings is 2. The number of hydrogen-bond acceptors (Lipinski definition) is 4. The first-order chi connectivity index (χ1) is 13.6. The van der Waals surface area contributed by atoms with Gasteiger partial charge in [0.15, 0.2) is 0 Å². The lowest BCUT2D eigenvalue weighted by Crippen LogP contribution is -2.28. The van der Waals surface area contributed by atoms with E-state index in [1.807, 2.05) is 24.3 Å². The summed E-state index contributed by atoms with van der Waals surface area (Å²) >= 11 is 5.90. The van der Waals surface area contributed by atoms with Crippen LogP contribution >= 0.6 is 11.6 Å². The highest BCUT2D eigenvalue weighted by molar-refractivity contribution is 6.30. The number of carbonyl (C=O) groups is 2. The minimum atomic E-state index is -0.391. The molecule has 1 atom stereocenters. The zero-order valence-electron chi connectivity index (χ0n) is 15.0. The number of halogens is 1. The molecule has 7 nitrogen and oxygen atoms in total. The van der Waals surface area contributed by atoms with E-state index < -0.39 is 5.92 Å². The summed E-state index contributed by atoms with van der Waals surface area (Å²) in [5, 5.41) is 7.58. The Hall–Kier alpha value is -3.19. The van der Waals surface area contributed by atoms with Crippen LogP contribution in [0.2, 0.25) is 5.02 Å². The van der Waals surface area contributed by atoms with E-state index in [0.717, 1.165) is 11.3 Å². The molecule has 1 aromatic heterocycles. The lowest BCUT2D eigenvalue weighted by molar-refractivity contribution is -0.122. The number of aromatic nitrogens is 3. The van der Waals surface area contributed by atoms with Crippen LogP contribution < -0.4 is 10.2 Å². The van der Waals surface area contributed by atoms with Crippen molar-refractivity contribution in [3.05, 3.63) is 71.8 Å². The maximum atomic E-state index is 12.6. The molecule has 4 rings (SSSR count). The first kappa shape index (κ1) is 18.2. The van der Waals surface area contributed by atoms with E-state index in [0.29, 0.717) is 23.8 Å². The smallest absolute Gasteiger partial charge is 0.229 e. The molecule has 8 heteroatoms.